The van der Waals surface area contributed by atoms with Gasteiger partial charge in [0.05, 0.1) is 5.54 Å². The smallest absolute Gasteiger partial charge is 0.242 e. The van der Waals surface area contributed by atoms with Gasteiger partial charge in [0.2, 0.25) is 5.91 Å². The van der Waals surface area contributed by atoms with Gasteiger partial charge in [0.25, 0.3) is 0 Å². The van der Waals surface area contributed by atoms with Crippen LogP contribution >= 0.6 is 0 Å². The fraction of sp³-hybridized carbons (Fsp3) is 0.917. The minimum absolute atomic E-state index is 0.164. The van der Waals surface area contributed by atoms with Crippen LogP contribution in [0.5, 0.6) is 0 Å². The Bertz CT molecular complexity index is 224. The number of rotatable bonds is 4. The van der Waals surface area contributed by atoms with Crippen molar-refractivity contribution in [1.29, 1.82) is 0 Å². The molecule has 1 aliphatic heterocycles. The summed E-state index contributed by atoms with van der Waals surface area (Å²) in [6.45, 7) is 7.04. The van der Waals surface area contributed by atoms with Crippen molar-refractivity contribution >= 4 is 5.91 Å². The molecule has 3 heteroatoms. The Morgan fingerprint density at radius 3 is 2.47 bits per heavy atom. The lowest BCUT2D eigenvalue weighted by atomic mass is 9.92. The molecule has 1 aliphatic rings. The second-order valence-corrected chi connectivity index (χ2v) is 4.57. The van der Waals surface area contributed by atoms with E-state index in [-0.39, 0.29) is 5.91 Å². The van der Waals surface area contributed by atoms with Crippen molar-refractivity contribution in [3.05, 3.63) is 0 Å². The van der Waals surface area contributed by atoms with E-state index < -0.39 is 5.54 Å². The van der Waals surface area contributed by atoms with E-state index >= 15 is 0 Å². The quantitative estimate of drug-likeness (QED) is 0.773. The molecule has 2 N–H and O–H groups in total. The molecule has 3 nitrogen and oxygen atoms in total. The van der Waals surface area contributed by atoms with Crippen LogP contribution in [0.2, 0.25) is 0 Å². The molecule has 88 valence electrons. The zero-order valence-corrected chi connectivity index (χ0v) is 10.3. The molecule has 1 saturated heterocycles. The van der Waals surface area contributed by atoms with Crippen molar-refractivity contribution in [2.24, 2.45) is 5.73 Å². The van der Waals surface area contributed by atoms with E-state index in [1.165, 1.54) is 0 Å². The molecule has 15 heavy (non-hydrogen) atoms. The third-order valence-electron chi connectivity index (χ3n) is 3.80. The summed E-state index contributed by atoms with van der Waals surface area (Å²) < 4.78 is 0. The molecular weight excluding hydrogens is 188 g/mol. The number of nitrogens with zero attached hydrogens (tertiary/aromatic N) is 1. The van der Waals surface area contributed by atoms with Crippen LogP contribution in [0.1, 0.15) is 52.9 Å². The minimum atomic E-state index is -0.627. The number of amides is 1. The summed E-state index contributed by atoms with van der Waals surface area (Å²) in [4.78, 5) is 14.3. The van der Waals surface area contributed by atoms with Crippen molar-refractivity contribution in [1.82, 2.24) is 4.90 Å². The van der Waals surface area contributed by atoms with Gasteiger partial charge in [0, 0.05) is 12.6 Å². The van der Waals surface area contributed by atoms with Crippen molar-refractivity contribution in [3.63, 3.8) is 0 Å². The number of hydrogen-bond donors (Lipinski definition) is 1. The van der Waals surface area contributed by atoms with Crippen LogP contribution in [-0.4, -0.2) is 28.9 Å². The number of nitrogens with two attached hydrogens (primary N) is 1. The van der Waals surface area contributed by atoms with Crippen LogP contribution in [0.25, 0.3) is 0 Å². The molecule has 0 aromatic heterocycles. The molecule has 0 aliphatic carbocycles. The average molecular weight is 212 g/mol. The first-order valence-corrected chi connectivity index (χ1v) is 6.19. The van der Waals surface area contributed by atoms with Crippen molar-refractivity contribution in [2.45, 2.75) is 64.5 Å². The molecule has 1 heterocycles. The van der Waals surface area contributed by atoms with Gasteiger partial charge >= 0.3 is 0 Å². The van der Waals surface area contributed by atoms with Crippen LogP contribution in [0.15, 0.2) is 0 Å². The molecule has 0 radical (unpaired) electrons. The molecule has 0 aromatic carbocycles. The molecule has 0 aromatic rings. The average Bonchev–Trinajstić information content (AvgIpc) is 2.74. The molecule has 0 bridgehead atoms. The van der Waals surface area contributed by atoms with E-state index in [1.54, 1.807) is 0 Å². The Morgan fingerprint density at radius 2 is 2.00 bits per heavy atom. The van der Waals surface area contributed by atoms with Gasteiger partial charge in [-0.05, 0) is 32.1 Å². The Balaban J connectivity index is 2.74. The molecule has 1 amide bonds. The summed E-state index contributed by atoms with van der Waals surface area (Å²) in [6, 6.07) is 0.429. The first-order chi connectivity index (χ1) is 7.09. The minimum Gasteiger partial charge on any atom is -0.338 e. The second-order valence-electron chi connectivity index (χ2n) is 4.57. The Hall–Kier alpha value is -0.570. The van der Waals surface area contributed by atoms with Gasteiger partial charge in [-0.25, -0.2) is 0 Å². The largest absolute Gasteiger partial charge is 0.338 e. The topological polar surface area (TPSA) is 46.3 Å². The third kappa shape index (κ3) is 2.33. The van der Waals surface area contributed by atoms with Crippen LogP contribution in [0.3, 0.4) is 0 Å². The third-order valence-corrected chi connectivity index (χ3v) is 3.80. The van der Waals surface area contributed by atoms with Gasteiger partial charge in [-0.15, -0.1) is 0 Å². The summed E-state index contributed by atoms with van der Waals surface area (Å²) in [5.41, 5.74) is 5.52. The standard InChI is InChI=1S/C12H24N2O/c1-4-10-8-7-9-14(10)11(15)12(13,5-2)6-3/h10H,4-9,13H2,1-3H3. The first-order valence-electron chi connectivity index (χ1n) is 6.19. The summed E-state index contributed by atoms with van der Waals surface area (Å²) in [7, 11) is 0. The van der Waals surface area contributed by atoms with Gasteiger partial charge in [0.1, 0.15) is 0 Å². The predicted molar refractivity (Wildman–Crippen MR) is 62.5 cm³/mol. The molecule has 1 fully saturated rings. The lowest BCUT2D eigenvalue weighted by molar-refractivity contribution is -0.138. The van der Waals surface area contributed by atoms with E-state index in [0.717, 1.165) is 38.6 Å². The lowest BCUT2D eigenvalue weighted by Crippen LogP contribution is -2.55. The number of hydrogen-bond acceptors (Lipinski definition) is 2. The van der Waals surface area contributed by atoms with Crippen LogP contribution in [0.4, 0.5) is 0 Å². The van der Waals surface area contributed by atoms with Crippen LogP contribution in [0, 0.1) is 0 Å². The highest BCUT2D eigenvalue weighted by molar-refractivity contribution is 5.86. The number of likely N-dealkylation sites (tertiary alicyclic amines) is 1. The fourth-order valence-electron chi connectivity index (χ4n) is 2.37. The molecule has 1 rings (SSSR count). The van der Waals surface area contributed by atoms with Crippen LogP contribution in [-0.2, 0) is 4.79 Å². The lowest BCUT2D eigenvalue weighted by Gasteiger charge is -2.33. The van der Waals surface area contributed by atoms with E-state index in [1.807, 2.05) is 18.7 Å². The highest BCUT2D eigenvalue weighted by Gasteiger charge is 2.38. The monoisotopic (exact) mass is 212 g/mol. The Morgan fingerprint density at radius 1 is 1.40 bits per heavy atom. The van der Waals surface area contributed by atoms with Crippen LogP contribution < -0.4 is 5.73 Å². The zero-order chi connectivity index (χ0) is 11.5. The predicted octanol–water partition coefficient (Wildman–Crippen LogP) is 1.90. The van der Waals surface area contributed by atoms with Crippen molar-refractivity contribution < 1.29 is 4.79 Å². The number of carbonyl (C=O) groups excluding carboxylic acids is 1. The van der Waals surface area contributed by atoms with E-state index in [2.05, 4.69) is 6.92 Å². The van der Waals surface area contributed by atoms with Crippen molar-refractivity contribution in [2.75, 3.05) is 6.54 Å². The van der Waals surface area contributed by atoms with Gasteiger partial charge in [-0.2, -0.15) is 0 Å². The van der Waals surface area contributed by atoms with E-state index in [9.17, 15) is 4.79 Å². The first kappa shape index (κ1) is 12.5. The molecule has 0 spiro atoms. The van der Waals surface area contributed by atoms with Gasteiger partial charge in [-0.1, -0.05) is 20.8 Å². The SMILES string of the molecule is CCC1CCCN1C(=O)C(N)(CC)CC. The molecular formula is C12H24N2O. The number of carbonyl (C=O) groups is 1. The van der Waals surface area contributed by atoms with Crippen molar-refractivity contribution in [3.8, 4) is 0 Å². The maximum atomic E-state index is 12.3. The van der Waals surface area contributed by atoms with Gasteiger partial charge in [-0.3, -0.25) is 4.79 Å². The Kier molecular flexibility index (Phi) is 4.14. The maximum Gasteiger partial charge on any atom is 0.242 e. The second kappa shape index (κ2) is 4.97. The molecule has 1 atom stereocenters. The maximum absolute atomic E-state index is 12.3. The summed E-state index contributed by atoms with van der Waals surface area (Å²) in [5.74, 6) is 0.164. The Labute approximate surface area is 93.0 Å². The summed E-state index contributed by atoms with van der Waals surface area (Å²) >= 11 is 0. The normalized spacial score (nSPS) is 22.1. The highest BCUT2D eigenvalue weighted by atomic mass is 16.2. The van der Waals surface area contributed by atoms with E-state index in [0.29, 0.717) is 6.04 Å². The zero-order valence-electron chi connectivity index (χ0n) is 10.3. The van der Waals surface area contributed by atoms with E-state index in [4.69, 9.17) is 5.73 Å². The molecule has 0 saturated carbocycles. The summed E-state index contributed by atoms with van der Waals surface area (Å²) in [6.07, 6.45) is 4.79. The van der Waals surface area contributed by atoms with Gasteiger partial charge in [0.15, 0.2) is 0 Å². The summed E-state index contributed by atoms with van der Waals surface area (Å²) in [5, 5.41) is 0. The highest BCUT2D eigenvalue weighted by Crippen LogP contribution is 2.25. The fourth-order valence-corrected chi connectivity index (χ4v) is 2.37. The molecule has 1 unspecified atom stereocenters. The van der Waals surface area contributed by atoms with Gasteiger partial charge < -0.3 is 10.6 Å².